The molecule has 0 aliphatic heterocycles. The van der Waals surface area contributed by atoms with E-state index in [-0.39, 0.29) is 11.7 Å². The van der Waals surface area contributed by atoms with Crippen molar-refractivity contribution in [2.24, 2.45) is 0 Å². The Hall–Kier alpha value is -1.67. The molecule has 2 rings (SSSR count). The van der Waals surface area contributed by atoms with Gasteiger partial charge in [-0.2, -0.15) is 0 Å². The van der Waals surface area contributed by atoms with Gasteiger partial charge < -0.3 is 11.1 Å². The molecule has 0 aromatic carbocycles. The third-order valence-corrected chi connectivity index (χ3v) is 4.13. The van der Waals surface area contributed by atoms with Gasteiger partial charge in [-0.15, -0.1) is 11.3 Å². The predicted molar refractivity (Wildman–Crippen MR) is 80.1 cm³/mol. The van der Waals surface area contributed by atoms with Crippen LogP contribution in [0.2, 0.25) is 0 Å². The van der Waals surface area contributed by atoms with Gasteiger partial charge in [0.2, 0.25) is 0 Å². The molecule has 102 valence electrons. The molecule has 2 aromatic heterocycles. The maximum absolute atomic E-state index is 12.0. The molecule has 0 saturated heterocycles. The van der Waals surface area contributed by atoms with Gasteiger partial charge in [-0.25, -0.2) is 9.97 Å². The topological polar surface area (TPSA) is 92.9 Å². The first-order valence-electron chi connectivity index (χ1n) is 5.83. The first-order valence-corrected chi connectivity index (χ1v) is 7.53. The molecule has 1 amide bonds. The van der Waals surface area contributed by atoms with E-state index < -0.39 is 0 Å². The van der Waals surface area contributed by atoms with Crippen LogP contribution in [0.3, 0.4) is 0 Å². The van der Waals surface area contributed by atoms with E-state index in [1.54, 1.807) is 0 Å². The number of carbonyl (C=O) groups is 1. The lowest BCUT2D eigenvalue weighted by Gasteiger charge is -1.98. The summed E-state index contributed by atoms with van der Waals surface area (Å²) >= 11 is 2.63. The molecule has 0 spiro atoms. The van der Waals surface area contributed by atoms with E-state index in [2.05, 4.69) is 27.5 Å². The van der Waals surface area contributed by atoms with Crippen LogP contribution in [0, 0.1) is 6.92 Å². The lowest BCUT2D eigenvalue weighted by Crippen LogP contribution is -2.11. The highest BCUT2D eigenvalue weighted by atomic mass is 32.1. The Morgan fingerprint density at radius 3 is 2.84 bits per heavy atom. The first kappa shape index (κ1) is 13.8. The monoisotopic (exact) mass is 297 g/mol. The largest absolute Gasteiger partial charge is 0.382 e. The Kier molecular flexibility index (Phi) is 4.33. The second kappa shape index (κ2) is 5.98. The summed E-state index contributed by atoms with van der Waals surface area (Å²) < 4.78 is 0. The molecule has 2 aromatic rings. The van der Waals surface area contributed by atoms with Gasteiger partial charge in [-0.05, 0) is 13.3 Å². The van der Waals surface area contributed by atoms with E-state index >= 15 is 0 Å². The van der Waals surface area contributed by atoms with Crippen molar-refractivity contribution >= 4 is 44.7 Å². The Balaban J connectivity index is 2.08. The summed E-state index contributed by atoms with van der Waals surface area (Å²) in [5.41, 5.74) is 6.63. The number of anilines is 3. The van der Waals surface area contributed by atoms with E-state index in [4.69, 9.17) is 5.73 Å². The number of nitrogens with two attached hydrogens (primary N) is 1. The molecule has 0 atom stereocenters. The van der Waals surface area contributed by atoms with Gasteiger partial charge in [-0.1, -0.05) is 18.3 Å². The van der Waals surface area contributed by atoms with Crippen LogP contribution in [-0.2, 0) is 0 Å². The SMILES string of the molecule is CCCNc1nc(N)c(C(=O)Nc2nc(C)cs2)s1. The maximum atomic E-state index is 12.0. The number of nitrogen functional groups attached to an aromatic ring is 1. The fraction of sp³-hybridized carbons (Fsp3) is 0.364. The van der Waals surface area contributed by atoms with Crippen molar-refractivity contribution in [3.8, 4) is 0 Å². The van der Waals surface area contributed by atoms with E-state index in [1.165, 1.54) is 22.7 Å². The Morgan fingerprint density at radius 2 is 2.21 bits per heavy atom. The second-order valence-electron chi connectivity index (χ2n) is 3.91. The number of carbonyl (C=O) groups excluding carboxylic acids is 1. The number of aryl methyl sites for hydroxylation is 1. The van der Waals surface area contributed by atoms with Crippen molar-refractivity contribution in [3.05, 3.63) is 16.0 Å². The molecule has 0 saturated carbocycles. The average molecular weight is 297 g/mol. The minimum Gasteiger partial charge on any atom is -0.382 e. The van der Waals surface area contributed by atoms with Crippen LogP contribution in [0.25, 0.3) is 0 Å². The zero-order chi connectivity index (χ0) is 13.8. The summed E-state index contributed by atoms with van der Waals surface area (Å²) in [7, 11) is 0. The number of nitrogens with zero attached hydrogens (tertiary/aromatic N) is 2. The van der Waals surface area contributed by atoms with E-state index in [0.29, 0.717) is 15.1 Å². The molecule has 4 N–H and O–H groups in total. The predicted octanol–water partition coefficient (Wildman–Crippen LogP) is 2.56. The molecule has 19 heavy (non-hydrogen) atoms. The summed E-state index contributed by atoms with van der Waals surface area (Å²) in [6.45, 7) is 4.74. The van der Waals surface area contributed by atoms with Gasteiger partial charge in [0, 0.05) is 11.9 Å². The molecule has 0 aliphatic carbocycles. The van der Waals surface area contributed by atoms with Crippen LogP contribution in [-0.4, -0.2) is 22.4 Å². The molecule has 8 heteroatoms. The molecule has 0 bridgehead atoms. The number of rotatable bonds is 5. The van der Waals surface area contributed by atoms with Crippen LogP contribution >= 0.6 is 22.7 Å². The van der Waals surface area contributed by atoms with Gasteiger partial charge in [0.1, 0.15) is 10.7 Å². The number of aromatic nitrogens is 2. The molecule has 6 nitrogen and oxygen atoms in total. The maximum Gasteiger partial charge on any atom is 0.271 e. The normalized spacial score (nSPS) is 10.4. The highest BCUT2D eigenvalue weighted by molar-refractivity contribution is 7.18. The van der Waals surface area contributed by atoms with E-state index in [0.717, 1.165) is 18.7 Å². The quantitative estimate of drug-likeness (QED) is 0.788. The molecular weight excluding hydrogens is 282 g/mol. The van der Waals surface area contributed by atoms with Gasteiger partial charge >= 0.3 is 0 Å². The summed E-state index contributed by atoms with van der Waals surface area (Å²) in [5.74, 6) is -0.0247. The van der Waals surface area contributed by atoms with Crippen molar-refractivity contribution in [1.29, 1.82) is 0 Å². The third kappa shape index (κ3) is 3.42. The van der Waals surface area contributed by atoms with Gasteiger partial charge in [0.15, 0.2) is 10.3 Å². The standard InChI is InChI=1S/C11H15N5OS2/c1-3-4-13-10-15-8(12)7(19-10)9(17)16-11-14-6(2)5-18-11/h5H,3-4,12H2,1-2H3,(H,13,15)(H,14,16,17). The second-order valence-corrected chi connectivity index (χ2v) is 5.77. The van der Waals surface area contributed by atoms with Crippen molar-refractivity contribution in [2.45, 2.75) is 20.3 Å². The minimum atomic E-state index is -0.270. The van der Waals surface area contributed by atoms with E-state index in [9.17, 15) is 4.79 Å². The molecule has 2 heterocycles. The van der Waals surface area contributed by atoms with Crippen molar-refractivity contribution < 1.29 is 4.79 Å². The van der Waals surface area contributed by atoms with Crippen LogP contribution in [0.5, 0.6) is 0 Å². The lowest BCUT2D eigenvalue weighted by atomic mass is 10.5. The third-order valence-electron chi connectivity index (χ3n) is 2.23. The molecule has 0 aliphatic rings. The van der Waals surface area contributed by atoms with Crippen LogP contribution in [0.15, 0.2) is 5.38 Å². The average Bonchev–Trinajstić information content (AvgIpc) is 2.93. The minimum absolute atomic E-state index is 0.245. The zero-order valence-corrected chi connectivity index (χ0v) is 12.3. The first-order chi connectivity index (χ1) is 9.10. The summed E-state index contributed by atoms with van der Waals surface area (Å²) in [6, 6.07) is 0. The van der Waals surface area contributed by atoms with Crippen molar-refractivity contribution in [3.63, 3.8) is 0 Å². The molecule has 0 radical (unpaired) electrons. The number of hydrogen-bond acceptors (Lipinski definition) is 7. The molecular formula is C11H15N5OS2. The van der Waals surface area contributed by atoms with Crippen molar-refractivity contribution in [1.82, 2.24) is 9.97 Å². The van der Waals surface area contributed by atoms with Gasteiger partial charge in [0.05, 0.1) is 5.69 Å². The molecule has 0 fully saturated rings. The molecule has 0 unspecified atom stereocenters. The fourth-order valence-electron chi connectivity index (χ4n) is 1.37. The number of hydrogen-bond donors (Lipinski definition) is 3. The fourth-order valence-corrected chi connectivity index (χ4v) is 2.86. The lowest BCUT2D eigenvalue weighted by molar-refractivity contribution is 0.103. The van der Waals surface area contributed by atoms with Gasteiger partial charge in [0.25, 0.3) is 5.91 Å². The Bertz CT molecular complexity index is 577. The van der Waals surface area contributed by atoms with E-state index in [1.807, 2.05) is 12.3 Å². The summed E-state index contributed by atoms with van der Waals surface area (Å²) in [4.78, 5) is 20.8. The van der Waals surface area contributed by atoms with Crippen LogP contribution in [0.4, 0.5) is 16.1 Å². The van der Waals surface area contributed by atoms with Crippen LogP contribution < -0.4 is 16.4 Å². The summed E-state index contributed by atoms with van der Waals surface area (Å²) in [6.07, 6.45) is 0.986. The van der Waals surface area contributed by atoms with Gasteiger partial charge in [-0.3, -0.25) is 10.1 Å². The van der Waals surface area contributed by atoms with Crippen LogP contribution in [0.1, 0.15) is 28.7 Å². The van der Waals surface area contributed by atoms with Crippen molar-refractivity contribution in [2.75, 3.05) is 22.9 Å². The Labute approximate surface area is 119 Å². The number of nitrogens with one attached hydrogen (secondary N) is 2. The Morgan fingerprint density at radius 1 is 1.42 bits per heavy atom. The highest BCUT2D eigenvalue weighted by Gasteiger charge is 2.17. The smallest absolute Gasteiger partial charge is 0.271 e. The summed E-state index contributed by atoms with van der Waals surface area (Å²) in [5, 5.41) is 8.94. The number of amides is 1. The number of thiazole rings is 2. The zero-order valence-electron chi connectivity index (χ0n) is 10.7. The highest BCUT2D eigenvalue weighted by Crippen LogP contribution is 2.26.